The van der Waals surface area contributed by atoms with Crippen molar-refractivity contribution in [2.75, 3.05) is 37.3 Å². The van der Waals surface area contributed by atoms with Crippen molar-refractivity contribution < 1.29 is 17.9 Å². The van der Waals surface area contributed by atoms with E-state index in [9.17, 15) is 13.2 Å². The number of carbonyl (C=O) groups excluding carboxylic acids is 1. The van der Waals surface area contributed by atoms with E-state index in [1.54, 1.807) is 9.58 Å². The summed E-state index contributed by atoms with van der Waals surface area (Å²) in [5.74, 6) is 0.311. The highest BCUT2D eigenvalue weighted by Gasteiger charge is 2.18. The maximum Gasteiger partial charge on any atom is 0.254 e. The Morgan fingerprint density at radius 1 is 1.10 bits per heavy atom. The fourth-order valence-corrected chi connectivity index (χ4v) is 3.88. The fraction of sp³-hybridized carbons (Fsp3) is 0.300. The summed E-state index contributed by atoms with van der Waals surface area (Å²) in [5, 5.41) is 5.17. The number of ether oxygens (including phenoxy) is 1. The lowest BCUT2D eigenvalue weighted by Crippen LogP contribution is -2.40. The average molecular weight is 414 g/mol. The number of hydrogen-bond donors (Lipinski definition) is 1. The number of rotatable bonds is 5. The Morgan fingerprint density at radius 2 is 1.79 bits per heavy atom. The van der Waals surface area contributed by atoms with Crippen LogP contribution in [0, 0.1) is 0 Å². The van der Waals surface area contributed by atoms with Crippen LogP contribution in [-0.4, -0.2) is 61.6 Å². The number of nitrogens with zero attached hydrogens (tertiary/aromatic N) is 3. The molecule has 0 spiro atoms. The molecule has 1 N–H and O–H groups in total. The maximum atomic E-state index is 12.6. The van der Waals surface area contributed by atoms with Gasteiger partial charge in [-0.1, -0.05) is 24.3 Å². The van der Waals surface area contributed by atoms with E-state index in [1.807, 2.05) is 48.5 Å². The molecule has 0 saturated carbocycles. The van der Waals surface area contributed by atoms with Crippen LogP contribution in [0.1, 0.15) is 15.9 Å². The van der Waals surface area contributed by atoms with Gasteiger partial charge in [0.2, 0.25) is 10.0 Å². The second-order valence-corrected chi connectivity index (χ2v) is 8.75. The predicted molar refractivity (Wildman–Crippen MR) is 110 cm³/mol. The molecule has 1 aromatic heterocycles. The molecule has 1 amide bonds. The van der Waals surface area contributed by atoms with Crippen LogP contribution in [0.15, 0.2) is 48.5 Å². The third-order valence-corrected chi connectivity index (χ3v) is 5.34. The van der Waals surface area contributed by atoms with Crippen molar-refractivity contribution in [2.45, 2.75) is 6.54 Å². The quantitative estimate of drug-likeness (QED) is 0.689. The molecule has 152 valence electrons. The Labute approximate surface area is 169 Å². The number of morpholine rings is 1. The summed E-state index contributed by atoms with van der Waals surface area (Å²) in [4.78, 5) is 14.4. The normalized spacial score (nSPS) is 14.9. The minimum atomic E-state index is -3.43. The van der Waals surface area contributed by atoms with Crippen molar-refractivity contribution in [2.24, 2.45) is 0 Å². The van der Waals surface area contributed by atoms with E-state index in [-0.39, 0.29) is 5.91 Å². The third kappa shape index (κ3) is 4.41. The molecule has 29 heavy (non-hydrogen) atoms. The van der Waals surface area contributed by atoms with Crippen molar-refractivity contribution in [3.05, 3.63) is 59.7 Å². The van der Waals surface area contributed by atoms with Gasteiger partial charge >= 0.3 is 0 Å². The summed E-state index contributed by atoms with van der Waals surface area (Å²) in [6.45, 7) is 2.81. The summed E-state index contributed by atoms with van der Waals surface area (Å²) in [6.07, 6.45) is 1.10. The number of hydrogen-bond acceptors (Lipinski definition) is 5. The Kier molecular flexibility index (Phi) is 5.25. The van der Waals surface area contributed by atoms with E-state index < -0.39 is 10.0 Å². The molecular weight excluding hydrogens is 392 g/mol. The summed E-state index contributed by atoms with van der Waals surface area (Å²) in [7, 11) is -3.43. The van der Waals surface area contributed by atoms with E-state index in [0.29, 0.717) is 44.2 Å². The molecule has 8 nitrogen and oxygen atoms in total. The van der Waals surface area contributed by atoms with Gasteiger partial charge in [-0.3, -0.25) is 14.2 Å². The molecule has 0 aliphatic carbocycles. The van der Waals surface area contributed by atoms with Crippen LogP contribution in [0.5, 0.6) is 0 Å². The first-order valence-electron chi connectivity index (χ1n) is 9.30. The van der Waals surface area contributed by atoms with Gasteiger partial charge in [0, 0.05) is 24.0 Å². The summed E-state index contributed by atoms with van der Waals surface area (Å²) in [6, 6.07) is 14.9. The number of benzene rings is 2. The van der Waals surface area contributed by atoms with Crippen molar-refractivity contribution in [3.8, 4) is 0 Å². The van der Waals surface area contributed by atoms with Gasteiger partial charge in [0.1, 0.15) is 0 Å². The fourth-order valence-electron chi connectivity index (χ4n) is 3.37. The molecule has 9 heteroatoms. The maximum absolute atomic E-state index is 12.6. The summed E-state index contributed by atoms with van der Waals surface area (Å²) < 4.78 is 32.8. The Bertz CT molecular complexity index is 1130. The number of sulfonamides is 1. The van der Waals surface area contributed by atoms with Crippen LogP contribution in [-0.2, 0) is 21.3 Å². The van der Waals surface area contributed by atoms with E-state index >= 15 is 0 Å². The lowest BCUT2D eigenvalue weighted by atomic mass is 10.1. The van der Waals surface area contributed by atoms with Crippen LogP contribution in [0.25, 0.3) is 10.9 Å². The minimum absolute atomic E-state index is 0.00373. The van der Waals surface area contributed by atoms with Crippen LogP contribution in [0.4, 0.5) is 5.82 Å². The number of carbonyl (C=O) groups is 1. The smallest absolute Gasteiger partial charge is 0.254 e. The van der Waals surface area contributed by atoms with Gasteiger partial charge in [0.25, 0.3) is 5.91 Å². The molecule has 1 fully saturated rings. The van der Waals surface area contributed by atoms with Gasteiger partial charge in [-0.25, -0.2) is 8.42 Å². The molecule has 2 heterocycles. The zero-order valence-corrected chi connectivity index (χ0v) is 16.9. The summed E-state index contributed by atoms with van der Waals surface area (Å²) >= 11 is 0. The van der Waals surface area contributed by atoms with E-state index in [1.165, 1.54) is 0 Å². The molecule has 1 saturated heterocycles. The van der Waals surface area contributed by atoms with Crippen LogP contribution >= 0.6 is 0 Å². The van der Waals surface area contributed by atoms with Crippen LogP contribution in [0.2, 0.25) is 0 Å². The van der Waals surface area contributed by atoms with Crippen molar-refractivity contribution >= 4 is 32.7 Å². The van der Waals surface area contributed by atoms with Crippen molar-refractivity contribution in [1.82, 2.24) is 14.7 Å². The Hall–Kier alpha value is -2.91. The lowest BCUT2D eigenvalue weighted by Gasteiger charge is -2.26. The molecule has 1 aliphatic heterocycles. The molecule has 4 rings (SSSR count). The number of aromatic nitrogens is 2. The molecule has 0 unspecified atom stereocenters. The second-order valence-electron chi connectivity index (χ2n) is 7.00. The molecule has 0 atom stereocenters. The SMILES string of the molecule is CS(=O)(=O)Nc1nn(Cc2ccc(C(=O)N3CCOCC3)cc2)c2ccccc12. The number of para-hydroxylation sites is 1. The minimum Gasteiger partial charge on any atom is -0.378 e. The van der Waals surface area contributed by atoms with Gasteiger partial charge in [-0.15, -0.1) is 0 Å². The topological polar surface area (TPSA) is 93.5 Å². The van der Waals surface area contributed by atoms with E-state index in [4.69, 9.17) is 4.74 Å². The largest absolute Gasteiger partial charge is 0.378 e. The molecule has 2 aromatic carbocycles. The lowest BCUT2D eigenvalue weighted by molar-refractivity contribution is 0.0303. The van der Waals surface area contributed by atoms with Gasteiger partial charge in [0.15, 0.2) is 5.82 Å². The number of anilines is 1. The highest BCUT2D eigenvalue weighted by atomic mass is 32.2. The molecular formula is C20H22N4O4S. The van der Waals surface area contributed by atoms with E-state index in [2.05, 4.69) is 9.82 Å². The molecule has 0 bridgehead atoms. The Balaban J connectivity index is 1.56. The van der Waals surface area contributed by atoms with Crippen LogP contribution in [0.3, 0.4) is 0 Å². The predicted octanol–water partition coefficient (Wildman–Crippen LogP) is 1.93. The van der Waals surface area contributed by atoms with Gasteiger partial charge in [0.05, 0.1) is 31.5 Å². The Morgan fingerprint density at radius 3 is 2.48 bits per heavy atom. The number of amides is 1. The molecule has 0 radical (unpaired) electrons. The summed E-state index contributed by atoms with van der Waals surface area (Å²) in [5.41, 5.74) is 2.43. The number of nitrogens with one attached hydrogen (secondary N) is 1. The molecule has 3 aromatic rings. The van der Waals surface area contributed by atoms with Gasteiger partial charge in [-0.05, 0) is 29.8 Å². The van der Waals surface area contributed by atoms with E-state index in [0.717, 1.165) is 22.7 Å². The number of fused-ring (bicyclic) bond motifs is 1. The zero-order valence-electron chi connectivity index (χ0n) is 16.0. The highest BCUT2D eigenvalue weighted by molar-refractivity contribution is 7.92. The first kappa shape index (κ1) is 19.4. The van der Waals surface area contributed by atoms with Crippen molar-refractivity contribution in [3.63, 3.8) is 0 Å². The van der Waals surface area contributed by atoms with Crippen molar-refractivity contribution in [1.29, 1.82) is 0 Å². The first-order chi connectivity index (χ1) is 13.9. The zero-order chi connectivity index (χ0) is 20.4. The highest BCUT2D eigenvalue weighted by Crippen LogP contribution is 2.24. The standard InChI is InChI=1S/C20H22N4O4S/c1-29(26,27)22-19-17-4-2-3-5-18(17)24(21-19)14-15-6-8-16(9-7-15)20(25)23-10-12-28-13-11-23/h2-9H,10-14H2,1H3,(H,21,22). The monoisotopic (exact) mass is 414 g/mol. The average Bonchev–Trinajstić information content (AvgIpc) is 3.04. The molecule has 1 aliphatic rings. The van der Waals surface area contributed by atoms with Gasteiger partial charge < -0.3 is 9.64 Å². The third-order valence-electron chi connectivity index (χ3n) is 4.77. The first-order valence-corrected chi connectivity index (χ1v) is 11.2. The second kappa shape index (κ2) is 7.84. The van der Waals surface area contributed by atoms with Crippen LogP contribution < -0.4 is 4.72 Å². The van der Waals surface area contributed by atoms with Gasteiger partial charge in [-0.2, -0.15) is 5.10 Å².